The molecule has 0 amide bonds. The molecule has 0 atom stereocenters. The van der Waals surface area contributed by atoms with Gasteiger partial charge in [-0.25, -0.2) is 0 Å². The summed E-state index contributed by atoms with van der Waals surface area (Å²) in [6, 6.07) is 3.53. The molecule has 1 aromatic rings. The van der Waals surface area contributed by atoms with E-state index in [9.17, 15) is 12.9 Å². The predicted molar refractivity (Wildman–Crippen MR) is 60.2 cm³/mol. The number of benzene rings is 1. The molecule has 1 nitrogen and oxygen atoms in total. The number of aryl methyl sites for hydroxylation is 1. The van der Waals surface area contributed by atoms with Crippen molar-refractivity contribution < 1.29 is 17.7 Å². The van der Waals surface area contributed by atoms with E-state index in [1.807, 2.05) is 0 Å². The van der Waals surface area contributed by atoms with Crippen LogP contribution in [-0.4, -0.2) is 13.6 Å². The van der Waals surface area contributed by atoms with Gasteiger partial charge in [-0.05, 0) is 25.0 Å². The summed E-state index contributed by atoms with van der Waals surface area (Å²) in [6.45, 7) is 0.642. The molecule has 0 aliphatic rings. The molecule has 1 rings (SSSR count). The first-order valence-corrected chi connectivity index (χ1v) is 4.99. The maximum atomic E-state index is 12.4. The summed E-state index contributed by atoms with van der Waals surface area (Å²) < 4.78 is 42.6. The molecule has 1 aromatic carbocycles. The van der Waals surface area contributed by atoms with E-state index in [-0.39, 0.29) is 0 Å². The molecule has 0 fully saturated rings. The smallest absolute Gasteiger partial charge is 0.493 e. The van der Waals surface area contributed by atoms with Gasteiger partial charge in [-0.2, -0.15) is 0 Å². The summed E-state index contributed by atoms with van der Waals surface area (Å²) in [5.41, 5.74) is -0.0886. The second kappa shape index (κ2) is 5.10. The van der Waals surface area contributed by atoms with Gasteiger partial charge in [-0.15, -0.1) is 12.0 Å². The number of rotatable bonds is 5. The SMILES string of the molecule is C=CCCOc1ccc([B-](F)(F)F)cc1C. The summed E-state index contributed by atoms with van der Waals surface area (Å²) in [6.07, 6.45) is 2.37. The lowest BCUT2D eigenvalue weighted by Gasteiger charge is -2.17. The van der Waals surface area contributed by atoms with E-state index in [0.29, 0.717) is 24.3 Å². The Morgan fingerprint density at radius 3 is 2.56 bits per heavy atom. The molecule has 0 unspecified atom stereocenters. The summed E-state index contributed by atoms with van der Waals surface area (Å²) in [5.74, 6) is 0.491. The molecule has 0 aliphatic heterocycles. The fraction of sp³-hybridized carbons (Fsp3) is 0.273. The summed E-state index contributed by atoms with van der Waals surface area (Å²) in [5, 5.41) is 0. The third-order valence-corrected chi connectivity index (χ3v) is 2.16. The van der Waals surface area contributed by atoms with Crippen molar-refractivity contribution in [1.82, 2.24) is 0 Å². The molecular formula is C11H13BF3O-. The average Bonchev–Trinajstić information content (AvgIpc) is 2.19. The molecule has 5 heteroatoms. The minimum absolute atomic E-state index is 0.431. The van der Waals surface area contributed by atoms with E-state index in [2.05, 4.69) is 6.58 Å². The summed E-state index contributed by atoms with van der Waals surface area (Å²) >= 11 is 0. The first-order valence-electron chi connectivity index (χ1n) is 4.99. The van der Waals surface area contributed by atoms with Crippen molar-refractivity contribution in [2.75, 3.05) is 6.61 Å². The number of hydrogen-bond donors (Lipinski definition) is 0. The second-order valence-electron chi connectivity index (χ2n) is 3.53. The zero-order valence-electron chi connectivity index (χ0n) is 9.05. The Hall–Kier alpha value is -1.39. The van der Waals surface area contributed by atoms with E-state index >= 15 is 0 Å². The molecule has 0 aliphatic carbocycles. The van der Waals surface area contributed by atoms with Gasteiger partial charge < -0.3 is 17.7 Å². The molecule has 0 N–H and O–H groups in total. The normalized spacial score (nSPS) is 11.2. The molecule has 0 spiro atoms. The van der Waals surface area contributed by atoms with Crippen LogP contribution >= 0.6 is 0 Å². The fourth-order valence-corrected chi connectivity index (χ4v) is 1.29. The van der Waals surface area contributed by atoms with Gasteiger partial charge >= 0.3 is 6.98 Å². The predicted octanol–water partition coefficient (Wildman–Crippen LogP) is 3.00. The quantitative estimate of drug-likeness (QED) is 0.428. The largest absolute Gasteiger partial charge is 0.509 e. The highest BCUT2D eigenvalue weighted by Crippen LogP contribution is 2.19. The summed E-state index contributed by atoms with van der Waals surface area (Å²) in [7, 11) is 0. The number of ether oxygens (including phenoxy) is 1. The Morgan fingerprint density at radius 1 is 1.38 bits per heavy atom. The van der Waals surface area contributed by atoms with Gasteiger partial charge in [0.2, 0.25) is 0 Å². The van der Waals surface area contributed by atoms with Crippen molar-refractivity contribution in [3.63, 3.8) is 0 Å². The molecule has 0 radical (unpaired) electrons. The van der Waals surface area contributed by atoms with Crippen molar-refractivity contribution in [3.05, 3.63) is 36.4 Å². The first kappa shape index (κ1) is 12.7. The number of hydrogen-bond acceptors (Lipinski definition) is 1. The van der Waals surface area contributed by atoms with Gasteiger partial charge in [0.15, 0.2) is 0 Å². The lowest BCUT2D eigenvalue weighted by atomic mass is 9.79. The van der Waals surface area contributed by atoms with Crippen LogP contribution < -0.4 is 10.2 Å². The zero-order chi connectivity index (χ0) is 12.2. The van der Waals surface area contributed by atoms with Crippen molar-refractivity contribution in [2.24, 2.45) is 0 Å². The highest BCUT2D eigenvalue weighted by molar-refractivity contribution is 6.73. The molecule has 0 heterocycles. The molecule has 0 saturated carbocycles. The Morgan fingerprint density at radius 2 is 2.06 bits per heavy atom. The topological polar surface area (TPSA) is 9.23 Å². The molecule has 88 valence electrons. The van der Waals surface area contributed by atoms with Crippen LogP contribution in [0.3, 0.4) is 0 Å². The zero-order valence-corrected chi connectivity index (χ0v) is 9.05. The number of halogens is 3. The van der Waals surface area contributed by atoms with Crippen LogP contribution in [0, 0.1) is 6.92 Å². The van der Waals surface area contributed by atoms with Crippen molar-refractivity contribution >= 4 is 12.4 Å². The molecular weight excluding hydrogens is 216 g/mol. The summed E-state index contributed by atoms with van der Waals surface area (Å²) in [4.78, 5) is 0. The monoisotopic (exact) mass is 229 g/mol. The highest BCUT2D eigenvalue weighted by atomic mass is 19.4. The van der Waals surface area contributed by atoms with Crippen LogP contribution in [0.5, 0.6) is 5.75 Å². The lowest BCUT2D eigenvalue weighted by Crippen LogP contribution is -2.34. The molecule has 16 heavy (non-hydrogen) atoms. The highest BCUT2D eigenvalue weighted by Gasteiger charge is 2.25. The van der Waals surface area contributed by atoms with Crippen LogP contribution in [-0.2, 0) is 0 Å². The van der Waals surface area contributed by atoms with Gasteiger partial charge in [0.05, 0.1) is 6.61 Å². The van der Waals surface area contributed by atoms with E-state index in [1.165, 1.54) is 6.07 Å². The van der Waals surface area contributed by atoms with Crippen molar-refractivity contribution in [3.8, 4) is 5.75 Å². The maximum Gasteiger partial charge on any atom is 0.509 e. The molecule has 0 aromatic heterocycles. The van der Waals surface area contributed by atoms with Crippen LogP contribution in [0.1, 0.15) is 12.0 Å². The van der Waals surface area contributed by atoms with E-state index < -0.39 is 12.4 Å². The Balaban J connectivity index is 2.79. The average molecular weight is 229 g/mol. The minimum Gasteiger partial charge on any atom is -0.493 e. The van der Waals surface area contributed by atoms with Crippen molar-refractivity contribution in [1.29, 1.82) is 0 Å². The van der Waals surface area contributed by atoms with Crippen LogP contribution in [0.15, 0.2) is 30.9 Å². The third-order valence-electron chi connectivity index (χ3n) is 2.16. The van der Waals surface area contributed by atoms with Gasteiger partial charge in [0.25, 0.3) is 0 Å². The standard InChI is InChI=1S/C11H13BF3O/c1-3-4-7-16-11-6-5-10(8-9(11)2)12(13,14)15/h3,5-6,8H,1,4,7H2,2H3/q-1. The minimum atomic E-state index is -4.93. The maximum absolute atomic E-state index is 12.4. The van der Waals surface area contributed by atoms with Gasteiger partial charge in [-0.1, -0.05) is 18.2 Å². The van der Waals surface area contributed by atoms with E-state index in [1.54, 1.807) is 13.0 Å². The Kier molecular flexibility index (Phi) is 4.04. The van der Waals surface area contributed by atoms with Crippen molar-refractivity contribution in [2.45, 2.75) is 13.3 Å². The first-order chi connectivity index (χ1) is 7.45. The van der Waals surface area contributed by atoms with Gasteiger partial charge in [0.1, 0.15) is 5.75 Å². The van der Waals surface area contributed by atoms with E-state index in [0.717, 1.165) is 12.1 Å². The van der Waals surface area contributed by atoms with Crippen LogP contribution in [0.25, 0.3) is 0 Å². The third kappa shape index (κ3) is 3.33. The van der Waals surface area contributed by atoms with Crippen LogP contribution in [0.2, 0.25) is 0 Å². The Bertz CT molecular complexity index is 374. The Labute approximate surface area is 93.0 Å². The lowest BCUT2D eigenvalue weighted by molar-refractivity contribution is 0.323. The molecule has 0 bridgehead atoms. The van der Waals surface area contributed by atoms with E-state index in [4.69, 9.17) is 4.74 Å². The molecule has 0 saturated heterocycles. The van der Waals surface area contributed by atoms with Gasteiger partial charge in [0, 0.05) is 0 Å². The van der Waals surface area contributed by atoms with Crippen LogP contribution in [0.4, 0.5) is 12.9 Å². The second-order valence-corrected chi connectivity index (χ2v) is 3.53. The van der Waals surface area contributed by atoms with Gasteiger partial charge in [-0.3, -0.25) is 0 Å². The fourth-order valence-electron chi connectivity index (χ4n) is 1.29.